The molecular weight excluding hydrogens is 264 g/mol. The number of nitrogens with two attached hydrogens (primary N) is 1. The van der Waals surface area contributed by atoms with Crippen LogP contribution in [0.3, 0.4) is 0 Å². The summed E-state index contributed by atoms with van der Waals surface area (Å²) in [6, 6.07) is 0.346. The first-order valence-corrected chi connectivity index (χ1v) is 8.60. The summed E-state index contributed by atoms with van der Waals surface area (Å²) in [5.41, 5.74) is 6.23. The Hall–Kier alpha value is -1.10. The smallest absolute Gasteiger partial charge is 0.330 e. The molecule has 0 spiro atoms. The molecule has 5 nitrogen and oxygen atoms in total. The average Bonchev–Trinajstić information content (AvgIpc) is 2.89. The lowest BCUT2D eigenvalue weighted by molar-refractivity contribution is 0.188. The highest BCUT2D eigenvalue weighted by Crippen LogP contribution is 2.38. The highest BCUT2D eigenvalue weighted by molar-refractivity contribution is 4.99. The van der Waals surface area contributed by atoms with Crippen LogP contribution in [0.2, 0.25) is 0 Å². The molecule has 0 radical (unpaired) electrons. The Morgan fingerprint density at radius 3 is 2.48 bits per heavy atom. The van der Waals surface area contributed by atoms with E-state index in [1.807, 2.05) is 4.57 Å². The Kier molecular flexibility index (Phi) is 4.48. The summed E-state index contributed by atoms with van der Waals surface area (Å²) in [5.74, 6) is 0.944. The first kappa shape index (κ1) is 14.8. The Morgan fingerprint density at radius 1 is 1.14 bits per heavy atom. The van der Waals surface area contributed by atoms with Crippen LogP contribution in [-0.2, 0) is 6.42 Å². The third-order valence-electron chi connectivity index (χ3n) is 5.60. The number of hydrogen-bond donors (Lipinski definition) is 2. The van der Waals surface area contributed by atoms with Gasteiger partial charge in [-0.3, -0.25) is 4.57 Å². The molecule has 1 aromatic rings. The maximum atomic E-state index is 12.2. The van der Waals surface area contributed by atoms with Crippen molar-refractivity contribution in [2.45, 2.75) is 76.7 Å². The van der Waals surface area contributed by atoms with Crippen molar-refractivity contribution in [3.63, 3.8) is 0 Å². The van der Waals surface area contributed by atoms with Crippen LogP contribution in [0.5, 0.6) is 0 Å². The third-order valence-corrected chi connectivity index (χ3v) is 5.60. The van der Waals surface area contributed by atoms with E-state index < -0.39 is 0 Å². The lowest BCUT2D eigenvalue weighted by Gasteiger charge is -2.36. The van der Waals surface area contributed by atoms with Crippen LogP contribution in [0.15, 0.2) is 4.79 Å². The summed E-state index contributed by atoms with van der Waals surface area (Å²) in [6.07, 6.45) is 13.0. The second-order valence-corrected chi connectivity index (χ2v) is 7.05. The number of nitrogens with zero attached hydrogens (tertiary/aromatic N) is 2. The molecule has 2 saturated carbocycles. The molecular formula is C16H28N4O. The zero-order valence-corrected chi connectivity index (χ0v) is 12.9. The van der Waals surface area contributed by atoms with E-state index in [0.29, 0.717) is 12.6 Å². The molecule has 2 aliphatic rings. The normalized spacial score (nSPS) is 23.3. The van der Waals surface area contributed by atoms with E-state index in [-0.39, 0.29) is 11.1 Å². The van der Waals surface area contributed by atoms with Crippen LogP contribution in [-0.4, -0.2) is 21.3 Å². The maximum absolute atomic E-state index is 12.2. The number of hydrogen-bond acceptors (Lipinski definition) is 3. The first-order valence-electron chi connectivity index (χ1n) is 8.60. The standard InChI is InChI=1S/C16H28N4O/c17-12-16(9-5-2-6-10-16)11-14-18-19-15(21)20(14)13-7-3-1-4-8-13/h13H,1-12,17H2,(H,19,21). The van der Waals surface area contributed by atoms with E-state index in [0.717, 1.165) is 25.1 Å². The van der Waals surface area contributed by atoms with Crippen LogP contribution in [0.25, 0.3) is 0 Å². The average molecular weight is 292 g/mol. The van der Waals surface area contributed by atoms with E-state index in [2.05, 4.69) is 10.2 Å². The molecule has 2 aliphatic carbocycles. The Bertz CT molecular complexity index is 507. The topological polar surface area (TPSA) is 76.7 Å². The van der Waals surface area contributed by atoms with Gasteiger partial charge in [0.05, 0.1) is 0 Å². The minimum Gasteiger partial charge on any atom is -0.330 e. The van der Waals surface area contributed by atoms with Crippen molar-refractivity contribution >= 4 is 0 Å². The van der Waals surface area contributed by atoms with Crippen molar-refractivity contribution in [1.82, 2.24) is 14.8 Å². The monoisotopic (exact) mass is 292 g/mol. The zero-order valence-electron chi connectivity index (χ0n) is 12.9. The van der Waals surface area contributed by atoms with Gasteiger partial charge in [-0.1, -0.05) is 38.5 Å². The lowest BCUT2D eigenvalue weighted by Crippen LogP contribution is -2.37. The van der Waals surface area contributed by atoms with Gasteiger partial charge in [0.2, 0.25) is 0 Å². The van der Waals surface area contributed by atoms with Crippen molar-refractivity contribution in [3.05, 3.63) is 16.3 Å². The van der Waals surface area contributed by atoms with Crippen molar-refractivity contribution in [2.75, 3.05) is 6.54 Å². The number of aromatic nitrogens is 3. The van der Waals surface area contributed by atoms with Crippen LogP contribution in [0.4, 0.5) is 0 Å². The molecule has 1 aromatic heterocycles. The number of rotatable bonds is 4. The molecule has 0 atom stereocenters. The number of nitrogens with one attached hydrogen (secondary N) is 1. The predicted octanol–water partition coefficient (Wildman–Crippen LogP) is 2.53. The fraction of sp³-hybridized carbons (Fsp3) is 0.875. The minimum absolute atomic E-state index is 0.0279. The third kappa shape index (κ3) is 3.07. The first-order chi connectivity index (χ1) is 10.2. The number of aromatic amines is 1. The summed E-state index contributed by atoms with van der Waals surface area (Å²) in [6.45, 7) is 0.707. The molecule has 0 bridgehead atoms. The van der Waals surface area contributed by atoms with Crippen LogP contribution in [0, 0.1) is 5.41 Å². The molecule has 2 fully saturated rings. The molecule has 3 N–H and O–H groups in total. The summed E-state index contributed by atoms with van der Waals surface area (Å²) in [4.78, 5) is 12.2. The molecule has 0 amide bonds. The van der Waals surface area contributed by atoms with Gasteiger partial charge in [-0.2, -0.15) is 5.10 Å². The Balaban J connectivity index is 1.83. The van der Waals surface area contributed by atoms with E-state index >= 15 is 0 Å². The van der Waals surface area contributed by atoms with E-state index in [4.69, 9.17) is 5.73 Å². The highest BCUT2D eigenvalue weighted by atomic mass is 16.1. The molecule has 3 rings (SSSR count). The van der Waals surface area contributed by atoms with Gasteiger partial charge in [0.25, 0.3) is 0 Å². The molecule has 0 aliphatic heterocycles. The minimum atomic E-state index is -0.0279. The molecule has 0 aromatic carbocycles. The Labute approximate surface area is 126 Å². The highest BCUT2D eigenvalue weighted by Gasteiger charge is 2.33. The fourth-order valence-electron chi connectivity index (χ4n) is 4.27. The summed E-state index contributed by atoms with van der Waals surface area (Å²) < 4.78 is 1.95. The van der Waals surface area contributed by atoms with Crippen molar-refractivity contribution < 1.29 is 0 Å². The molecule has 21 heavy (non-hydrogen) atoms. The second-order valence-electron chi connectivity index (χ2n) is 7.05. The summed E-state index contributed by atoms with van der Waals surface area (Å²) in [7, 11) is 0. The van der Waals surface area contributed by atoms with E-state index in [1.165, 1.54) is 51.4 Å². The predicted molar refractivity (Wildman–Crippen MR) is 83.2 cm³/mol. The van der Waals surface area contributed by atoms with Crippen LogP contribution < -0.4 is 11.4 Å². The summed E-state index contributed by atoms with van der Waals surface area (Å²) in [5, 5.41) is 7.03. The fourth-order valence-corrected chi connectivity index (χ4v) is 4.27. The largest absolute Gasteiger partial charge is 0.343 e. The van der Waals surface area contributed by atoms with Crippen molar-refractivity contribution in [1.29, 1.82) is 0 Å². The zero-order chi connectivity index (χ0) is 14.7. The van der Waals surface area contributed by atoms with E-state index in [9.17, 15) is 4.79 Å². The molecule has 0 unspecified atom stereocenters. The van der Waals surface area contributed by atoms with E-state index in [1.54, 1.807) is 0 Å². The lowest BCUT2D eigenvalue weighted by atomic mass is 9.71. The van der Waals surface area contributed by atoms with Crippen LogP contribution >= 0.6 is 0 Å². The van der Waals surface area contributed by atoms with Gasteiger partial charge in [-0.05, 0) is 37.6 Å². The van der Waals surface area contributed by atoms with Gasteiger partial charge >= 0.3 is 5.69 Å². The van der Waals surface area contributed by atoms with Gasteiger partial charge in [0.1, 0.15) is 5.82 Å². The maximum Gasteiger partial charge on any atom is 0.343 e. The molecule has 1 heterocycles. The van der Waals surface area contributed by atoms with Gasteiger partial charge in [0.15, 0.2) is 0 Å². The van der Waals surface area contributed by atoms with Crippen molar-refractivity contribution in [2.24, 2.45) is 11.1 Å². The Morgan fingerprint density at radius 2 is 1.81 bits per heavy atom. The number of H-pyrrole nitrogens is 1. The van der Waals surface area contributed by atoms with Gasteiger partial charge in [-0.15, -0.1) is 0 Å². The van der Waals surface area contributed by atoms with Gasteiger partial charge in [-0.25, -0.2) is 9.89 Å². The molecule has 118 valence electrons. The summed E-state index contributed by atoms with van der Waals surface area (Å²) >= 11 is 0. The SMILES string of the molecule is NCC1(Cc2n[nH]c(=O)n2C2CCCCC2)CCCCC1. The molecule has 0 saturated heterocycles. The van der Waals surface area contributed by atoms with Crippen LogP contribution in [0.1, 0.15) is 76.1 Å². The van der Waals surface area contributed by atoms with Gasteiger partial charge in [0, 0.05) is 12.5 Å². The van der Waals surface area contributed by atoms with Crippen molar-refractivity contribution in [3.8, 4) is 0 Å². The molecule has 5 heteroatoms. The quantitative estimate of drug-likeness (QED) is 0.895. The second kappa shape index (κ2) is 6.34. The van der Waals surface area contributed by atoms with Gasteiger partial charge < -0.3 is 5.73 Å².